The average Bonchev–Trinajstić information content (AvgIpc) is 2.47. The second-order valence-electron chi connectivity index (χ2n) is 5.80. The van der Waals surface area contributed by atoms with Crippen molar-refractivity contribution in [2.45, 2.75) is 52.0 Å². The third-order valence-electron chi connectivity index (χ3n) is 4.73. The van der Waals surface area contributed by atoms with Crippen LogP contribution in [0.4, 0.5) is 5.69 Å². The normalized spacial score (nSPS) is 27.2. The van der Waals surface area contributed by atoms with Gasteiger partial charge in [0.15, 0.2) is 0 Å². The van der Waals surface area contributed by atoms with Gasteiger partial charge in [0.2, 0.25) is 0 Å². The maximum atomic E-state index is 11.7. The molecule has 19 heavy (non-hydrogen) atoms. The highest BCUT2D eigenvalue weighted by molar-refractivity contribution is 5.78. The van der Waals surface area contributed by atoms with E-state index in [1.54, 1.807) is 0 Å². The summed E-state index contributed by atoms with van der Waals surface area (Å²) in [6, 6.07) is 11.4. The highest BCUT2D eigenvalue weighted by atomic mass is 16.1. The zero-order valence-electron chi connectivity index (χ0n) is 12.3. The van der Waals surface area contributed by atoms with Crippen LogP contribution in [0.2, 0.25) is 0 Å². The first kappa shape index (κ1) is 14.3. The summed E-state index contributed by atoms with van der Waals surface area (Å²) in [6.07, 6.45) is 5.27. The molecule has 2 nitrogen and oxygen atoms in total. The van der Waals surface area contributed by atoms with Gasteiger partial charge in [0.05, 0.1) is 25.6 Å². The number of Topliss-reactive ketones (excluding diaryl/α,β-unsaturated/α-hetero) is 1. The highest BCUT2D eigenvalue weighted by Gasteiger charge is 2.38. The molecule has 1 aromatic rings. The van der Waals surface area contributed by atoms with Crippen molar-refractivity contribution in [3.05, 3.63) is 30.3 Å². The fourth-order valence-corrected chi connectivity index (χ4v) is 3.37. The molecule has 0 saturated carbocycles. The topological polar surface area (TPSA) is 17.1 Å². The Bertz CT molecular complexity index is 415. The number of rotatable bonds is 5. The van der Waals surface area contributed by atoms with Gasteiger partial charge in [-0.3, -0.25) is 9.28 Å². The number of likely N-dealkylation sites (tertiary alicyclic amines) is 1. The molecule has 1 aliphatic rings. The van der Waals surface area contributed by atoms with E-state index in [-0.39, 0.29) is 0 Å². The van der Waals surface area contributed by atoms with Crippen molar-refractivity contribution in [3.8, 4) is 0 Å². The maximum absolute atomic E-state index is 11.7. The van der Waals surface area contributed by atoms with Crippen LogP contribution < -0.4 is 4.48 Å². The molecule has 0 bridgehead atoms. The zero-order valence-corrected chi connectivity index (χ0v) is 12.3. The quantitative estimate of drug-likeness (QED) is 0.733. The Morgan fingerprint density at radius 3 is 2.63 bits per heavy atom. The van der Waals surface area contributed by atoms with Gasteiger partial charge in [0.1, 0.15) is 11.5 Å². The molecule has 104 valence electrons. The Morgan fingerprint density at radius 2 is 2.00 bits per heavy atom. The molecule has 2 atom stereocenters. The fraction of sp³-hybridized carbons (Fsp3) is 0.588. The monoisotopic (exact) mass is 260 g/mol. The molecule has 0 radical (unpaired) electrons. The number of ketones is 1. The van der Waals surface area contributed by atoms with Gasteiger partial charge in [-0.15, -0.1) is 0 Å². The number of benzene rings is 1. The number of hydrogen-bond acceptors (Lipinski definition) is 1. The summed E-state index contributed by atoms with van der Waals surface area (Å²) >= 11 is 0. The van der Waals surface area contributed by atoms with E-state index in [9.17, 15) is 4.79 Å². The van der Waals surface area contributed by atoms with Gasteiger partial charge < -0.3 is 0 Å². The van der Waals surface area contributed by atoms with Gasteiger partial charge in [0, 0.05) is 6.42 Å². The number of carbonyl (C=O) groups is 1. The number of nitrogens with zero attached hydrogens (tertiary/aromatic N) is 1. The molecule has 1 fully saturated rings. The predicted molar refractivity (Wildman–Crippen MR) is 81.2 cm³/mol. The van der Waals surface area contributed by atoms with E-state index in [1.165, 1.54) is 31.5 Å². The third kappa shape index (κ3) is 3.06. The smallest absolute Gasteiger partial charge is 0.138 e. The zero-order chi connectivity index (χ0) is 13.7. The van der Waals surface area contributed by atoms with Crippen LogP contribution in [0.5, 0.6) is 0 Å². The Morgan fingerprint density at radius 1 is 1.26 bits per heavy atom. The van der Waals surface area contributed by atoms with E-state index in [0.717, 1.165) is 17.4 Å². The van der Waals surface area contributed by atoms with Crippen LogP contribution in [-0.2, 0) is 4.79 Å². The lowest BCUT2D eigenvalue weighted by molar-refractivity contribution is -0.119. The number of hydrogen-bond donors (Lipinski definition) is 0. The first-order valence-corrected chi connectivity index (χ1v) is 7.63. The summed E-state index contributed by atoms with van der Waals surface area (Å²) in [4.78, 5) is 11.7. The molecule has 2 unspecified atom stereocenters. The summed E-state index contributed by atoms with van der Waals surface area (Å²) in [5.41, 5.74) is 1.39. The van der Waals surface area contributed by atoms with Crippen LogP contribution in [0.15, 0.2) is 30.3 Å². The molecule has 2 heteroatoms. The predicted octanol–water partition coefficient (Wildman–Crippen LogP) is 3.94. The lowest BCUT2D eigenvalue weighted by Gasteiger charge is -2.46. The lowest BCUT2D eigenvalue weighted by Crippen LogP contribution is -2.59. The summed E-state index contributed by atoms with van der Waals surface area (Å²) in [6.45, 7) is 6.47. The van der Waals surface area contributed by atoms with Crippen molar-refractivity contribution >= 4 is 11.5 Å². The van der Waals surface area contributed by atoms with Crippen molar-refractivity contribution in [2.24, 2.45) is 0 Å². The van der Waals surface area contributed by atoms with E-state index in [2.05, 4.69) is 37.3 Å². The first-order valence-electron chi connectivity index (χ1n) is 7.63. The minimum atomic E-state index is 0.395. The lowest BCUT2D eigenvalue weighted by atomic mass is 9.96. The molecular formula is C17H26NO+. The van der Waals surface area contributed by atoms with Crippen LogP contribution in [0.25, 0.3) is 0 Å². The van der Waals surface area contributed by atoms with Crippen molar-refractivity contribution in [1.29, 1.82) is 0 Å². The van der Waals surface area contributed by atoms with E-state index in [0.29, 0.717) is 18.2 Å². The molecule has 2 rings (SSSR count). The first-order chi connectivity index (χ1) is 9.19. The second kappa shape index (κ2) is 6.33. The largest absolute Gasteiger partial charge is 0.299 e. The van der Waals surface area contributed by atoms with Gasteiger partial charge in [-0.2, -0.15) is 0 Å². The minimum absolute atomic E-state index is 0.395. The molecule has 0 N–H and O–H groups in total. The molecule has 0 spiro atoms. The molecule has 0 amide bonds. The third-order valence-corrected chi connectivity index (χ3v) is 4.73. The van der Waals surface area contributed by atoms with Gasteiger partial charge >= 0.3 is 0 Å². The summed E-state index contributed by atoms with van der Waals surface area (Å²) < 4.78 is 1.01. The molecule has 1 aliphatic heterocycles. The summed E-state index contributed by atoms with van der Waals surface area (Å²) in [5.74, 6) is 0.395. The maximum Gasteiger partial charge on any atom is 0.138 e. The molecular weight excluding hydrogens is 234 g/mol. The van der Waals surface area contributed by atoms with Crippen LogP contribution in [0.1, 0.15) is 46.0 Å². The SMILES string of the molecule is CCC(=O)CC[N+]1(c2ccccc2)CCCCC1C. The van der Waals surface area contributed by atoms with Crippen LogP contribution >= 0.6 is 0 Å². The number of piperidine rings is 1. The van der Waals surface area contributed by atoms with Crippen molar-refractivity contribution in [2.75, 3.05) is 13.1 Å². The van der Waals surface area contributed by atoms with E-state index >= 15 is 0 Å². The molecule has 1 aromatic carbocycles. The fourth-order valence-electron chi connectivity index (χ4n) is 3.37. The summed E-state index contributed by atoms with van der Waals surface area (Å²) in [7, 11) is 0. The van der Waals surface area contributed by atoms with Gasteiger partial charge in [-0.05, 0) is 38.3 Å². The average molecular weight is 260 g/mol. The minimum Gasteiger partial charge on any atom is -0.299 e. The molecule has 1 heterocycles. The van der Waals surface area contributed by atoms with Crippen LogP contribution in [0, 0.1) is 0 Å². The Kier molecular flexibility index (Phi) is 4.76. The van der Waals surface area contributed by atoms with E-state index in [1.807, 2.05) is 6.92 Å². The van der Waals surface area contributed by atoms with Crippen molar-refractivity contribution in [1.82, 2.24) is 4.48 Å². The van der Waals surface area contributed by atoms with Gasteiger partial charge in [-0.25, -0.2) is 0 Å². The standard InChI is InChI=1S/C17H26NO/c1-3-17(19)12-14-18(13-8-7-9-15(18)2)16-10-5-4-6-11-16/h4-6,10-11,15H,3,7-9,12-14H2,1-2H3/q+1. The number of quaternary nitrogens is 1. The molecule has 1 saturated heterocycles. The Labute approximate surface area is 117 Å². The van der Waals surface area contributed by atoms with Crippen molar-refractivity contribution < 1.29 is 4.79 Å². The molecule has 0 aromatic heterocycles. The van der Waals surface area contributed by atoms with E-state index in [4.69, 9.17) is 0 Å². The van der Waals surface area contributed by atoms with Gasteiger partial charge in [0.25, 0.3) is 0 Å². The Hall–Kier alpha value is -1.15. The second-order valence-corrected chi connectivity index (χ2v) is 5.80. The number of carbonyl (C=O) groups excluding carboxylic acids is 1. The van der Waals surface area contributed by atoms with E-state index < -0.39 is 0 Å². The molecule has 0 aliphatic carbocycles. The van der Waals surface area contributed by atoms with Crippen molar-refractivity contribution in [3.63, 3.8) is 0 Å². The van der Waals surface area contributed by atoms with Crippen LogP contribution in [-0.4, -0.2) is 24.9 Å². The van der Waals surface area contributed by atoms with Crippen LogP contribution in [0.3, 0.4) is 0 Å². The summed E-state index contributed by atoms with van der Waals surface area (Å²) in [5, 5.41) is 0. The highest BCUT2D eigenvalue weighted by Crippen LogP contribution is 2.33. The number of para-hydroxylation sites is 1. The van der Waals surface area contributed by atoms with Gasteiger partial charge in [-0.1, -0.05) is 25.1 Å². The Balaban J connectivity index is 2.24.